The zero-order valence-corrected chi connectivity index (χ0v) is 18.9. The van der Waals surface area contributed by atoms with Gasteiger partial charge in [0.2, 0.25) is 5.91 Å². The lowest BCUT2D eigenvalue weighted by molar-refractivity contribution is -0.117. The van der Waals surface area contributed by atoms with E-state index in [0.29, 0.717) is 26.1 Å². The maximum Gasteiger partial charge on any atom is 0.227 e. The number of rotatable bonds is 7. The number of methoxy groups -OCH3 is 1. The molecule has 0 radical (unpaired) electrons. The second-order valence-electron chi connectivity index (χ2n) is 8.38. The van der Waals surface area contributed by atoms with Crippen molar-refractivity contribution in [3.63, 3.8) is 0 Å². The molecule has 6 nitrogen and oxygen atoms in total. The van der Waals surface area contributed by atoms with Crippen molar-refractivity contribution in [3.8, 4) is 11.5 Å². The highest BCUT2D eigenvalue weighted by Gasteiger charge is 2.34. The quantitative estimate of drug-likeness (QED) is 0.407. The summed E-state index contributed by atoms with van der Waals surface area (Å²) in [5.41, 5.74) is 4.06. The zero-order chi connectivity index (χ0) is 22.8. The molecule has 1 unspecified atom stereocenters. The first-order valence-corrected chi connectivity index (χ1v) is 11.2. The maximum absolute atomic E-state index is 12.9. The fraction of sp³-hybridized carbons (Fsp3) is 0.259. The number of imidazole rings is 1. The number of anilines is 1. The van der Waals surface area contributed by atoms with Crippen molar-refractivity contribution in [2.75, 3.05) is 25.2 Å². The van der Waals surface area contributed by atoms with Gasteiger partial charge in [-0.3, -0.25) is 4.79 Å². The molecule has 33 heavy (non-hydrogen) atoms. The summed E-state index contributed by atoms with van der Waals surface area (Å²) >= 11 is 0. The number of benzene rings is 3. The minimum atomic E-state index is 0.0194. The Morgan fingerprint density at radius 2 is 1.82 bits per heavy atom. The van der Waals surface area contributed by atoms with Gasteiger partial charge in [-0.2, -0.15) is 0 Å². The molecule has 0 spiro atoms. The van der Waals surface area contributed by atoms with E-state index in [1.54, 1.807) is 7.11 Å². The highest BCUT2D eigenvalue weighted by Crippen LogP contribution is 2.33. The van der Waals surface area contributed by atoms with Gasteiger partial charge in [0.25, 0.3) is 0 Å². The zero-order valence-electron chi connectivity index (χ0n) is 18.9. The van der Waals surface area contributed by atoms with Crippen LogP contribution in [0.2, 0.25) is 0 Å². The Bertz CT molecular complexity index is 1280. The molecule has 1 aromatic heterocycles. The second-order valence-corrected chi connectivity index (χ2v) is 8.38. The van der Waals surface area contributed by atoms with Gasteiger partial charge in [-0.1, -0.05) is 24.3 Å². The molecule has 0 bridgehead atoms. The summed E-state index contributed by atoms with van der Waals surface area (Å²) in [5.74, 6) is 2.71. The molecule has 1 fully saturated rings. The molecule has 3 aromatic carbocycles. The van der Waals surface area contributed by atoms with Crippen molar-refractivity contribution in [1.82, 2.24) is 9.55 Å². The third kappa shape index (κ3) is 4.29. The van der Waals surface area contributed by atoms with Crippen LogP contribution in [-0.4, -0.2) is 35.7 Å². The third-order valence-corrected chi connectivity index (χ3v) is 6.13. The number of amides is 1. The highest BCUT2D eigenvalue weighted by molar-refractivity contribution is 5.96. The predicted octanol–water partition coefficient (Wildman–Crippen LogP) is 4.95. The molecule has 5 rings (SSSR count). The molecular weight excluding hydrogens is 414 g/mol. The van der Waals surface area contributed by atoms with Gasteiger partial charge in [0.05, 0.1) is 24.7 Å². The lowest BCUT2D eigenvalue weighted by atomic mass is 10.1. The van der Waals surface area contributed by atoms with Crippen LogP contribution in [0.1, 0.15) is 23.7 Å². The first-order chi connectivity index (χ1) is 16.1. The van der Waals surface area contributed by atoms with Crippen molar-refractivity contribution in [2.24, 2.45) is 0 Å². The summed E-state index contributed by atoms with van der Waals surface area (Å²) in [7, 11) is 1.64. The summed E-state index contributed by atoms with van der Waals surface area (Å²) in [6.07, 6.45) is 0.439. The summed E-state index contributed by atoms with van der Waals surface area (Å²) in [6.45, 7) is 3.85. The van der Waals surface area contributed by atoms with Gasteiger partial charge in [-0.05, 0) is 61.0 Å². The van der Waals surface area contributed by atoms with E-state index in [-0.39, 0.29) is 11.8 Å². The monoisotopic (exact) mass is 441 g/mol. The van der Waals surface area contributed by atoms with Crippen molar-refractivity contribution in [1.29, 1.82) is 0 Å². The smallest absolute Gasteiger partial charge is 0.227 e. The molecule has 168 valence electrons. The van der Waals surface area contributed by atoms with Crippen LogP contribution in [0.5, 0.6) is 11.5 Å². The van der Waals surface area contributed by atoms with Gasteiger partial charge in [0.1, 0.15) is 23.9 Å². The van der Waals surface area contributed by atoms with Crippen molar-refractivity contribution in [3.05, 3.63) is 84.2 Å². The van der Waals surface area contributed by atoms with Gasteiger partial charge in [-0.15, -0.1) is 0 Å². The number of para-hydroxylation sites is 2. The van der Waals surface area contributed by atoms with Crippen molar-refractivity contribution >= 4 is 22.6 Å². The highest BCUT2D eigenvalue weighted by atomic mass is 16.5. The number of carbonyl (C=O) groups excluding carboxylic acids is 1. The standard InChI is InChI=1S/C27H27N3O3/c1-19-6-5-7-23(16-19)33-15-14-29-25-9-4-3-8-24(25)28-27(29)20-17-26(31)30(18-20)21-10-12-22(32-2)13-11-21/h3-13,16,20H,14-15,17-18H2,1-2H3. The SMILES string of the molecule is COc1ccc(N2CC(c3nc4ccccc4n3CCOc3cccc(C)c3)CC2=O)cc1. The molecule has 2 heterocycles. The van der Waals surface area contributed by atoms with E-state index < -0.39 is 0 Å². The van der Waals surface area contributed by atoms with Gasteiger partial charge in [0, 0.05) is 24.6 Å². The molecule has 0 aliphatic carbocycles. The Labute approximate surface area is 193 Å². The number of aryl methyl sites for hydroxylation is 1. The number of ether oxygens (including phenoxy) is 2. The normalized spacial score (nSPS) is 15.9. The topological polar surface area (TPSA) is 56.6 Å². The Hall–Kier alpha value is -3.80. The minimum Gasteiger partial charge on any atom is -0.497 e. The number of fused-ring (bicyclic) bond motifs is 1. The fourth-order valence-electron chi connectivity index (χ4n) is 4.49. The Morgan fingerprint density at radius 1 is 1.00 bits per heavy atom. The van der Waals surface area contributed by atoms with Crippen LogP contribution >= 0.6 is 0 Å². The molecule has 4 aromatic rings. The van der Waals surface area contributed by atoms with Crippen LogP contribution < -0.4 is 14.4 Å². The number of hydrogen-bond acceptors (Lipinski definition) is 4. The third-order valence-electron chi connectivity index (χ3n) is 6.13. The Morgan fingerprint density at radius 3 is 2.61 bits per heavy atom. The molecule has 1 saturated heterocycles. The lowest BCUT2D eigenvalue weighted by Gasteiger charge is -2.18. The van der Waals surface area contributed by atoms with Crippen LogP contribution in [0.3, 0.4) is 0 Å². The molecule has 6 heteroatoms. The molecule has 1 atom stereocenters. The molecule has 1 aliphatic heterocycles. The van der Waals surface area contributed by atoms with Crippen LogP contribution in [-0.2, 0) is 11.3 Å². The molecule has 1 amide bonds. The fourth-order valence-corrected chi connectivity index (χ4v) is 4.49. The first kappa shape index (κ1) is 21.1. The Balaban J connectivity index is 1.39. The van der Waals surface area contributed by atoms with E-state index in [2.05, 4.69) is 23.6 Å². The summed E-state index contributed by atoms with van der Waals surface area (Å²) in [4.78, 5) is 19.7. The summed E-state index contributed by atoms with van der Waals surface area (Å²) in [6, 6.07) is 23.8. The van der Waals surface area contributed by atoms with E-state index in [9.17, 15) is 4.79 Å². The second kappa shape index (κ2) is 8.98. The van der Waals surface area contributed by atoms with E-state index >= 15 is 0 Å². The molecule has 1 aliphatic rings. The van der Waals surface area contributed by atoms with Crippen LogP contribution in [0.25, 0.3) is 11.0 Å². The number of aromatic nitrogens is 2. The average Bonchev–Trinajstić information content (AvgIpc) is 3.40. The van der Waals surface area contributed by atoms with E-state index in [1.807, 2.05) is 65.6 Å². The molecular formula is C27H27N3O3. The minimum absolute atomic E-state index is 0.0194. The van der Waals surface area contributed by atoms with Crippen LogP contribution in [0, 0.1) is 6.92 Å². The van der Waals surface area contributed by atoms with E-state index in [4.69, 9.17) is 14.5 Å². The van der Waals surface area contributed by atoms with Gasteiger partial charge in [-0.25, -0.2) is 4.98 Å². The van der Waals surface area contributed by atoms with E-state index in [0.717, 1.165) is 34.0 Å². The van der Waals surface area contributed by atoms with Gasteiger partial charge < -0.3 is 18.9 Å². The predicted molar refractivity (Wildman–Crippen MR) is 129 cm³/mol. The first-order valence-electron chi connectivity index (χ1n) is 11.2. The van der Waals surface area contributed by atoms with Crippen molar-refractivity contribution in [2.45, 2.75) is 25.8 Å². The molecule has 0 N–H and O–H groups in total. The van der Waals surface area contributed by atoms with Crippen LogP contribution in [0.15, 0.2) is 72.8 Å². The summed E-state index contributed by atoms with van der Waals surface area (Å²) in [5, 5.41) is 0. The number of hydrogen-bond donors (Lipinski definition) is 0. The largest absolute Gasteiger partial charge is 0.497 e. The van der Waals surface area contributed by atoms with Gasteiger partial charge in [0.15, 0.2) is 0 Å². The summed E-state index contributed by atoms with van der Waals surface area (Å²) < 4.78 is 13.5. The average molecular weight is 442 g/mol. The van der Waals surface area contributed by atoms with Crippen LogP contribution in [0.4, 0.5) is 5.69 Å². The number of carbonyl (C=O) groups is 1. The van der Waals surface area contributed by atoms with Crippen molar-refractivity contribution < 1.29 is 14.3 Å². The Kier molecular flexibility index (Phi) is 5.73. The number of nitrogens with zero attached hydrogens (tertiary/aromatic N) is 3. The van der Waals surface area contributed by atoms with E-state index in [1.165, 1.54) is 5.56 Å². The maximum atomic E-state index is 12.9. The lowest BCUT2D eigenvalue weighted by Crippen LogP contribution is -2.24. The molecule has 0 saturated carbocycles. The van der Waals surface area contributed by atoms with Gasteiger partial charge >= 0.3 is 0 Å².